The van der Waals surface area contributed by atoms with Gasteiger partial charge < -0.3 is 16.0 Å². The molecule has 3 N–H and O–H groups in total. The van der Waals surface area contributed by atoms with Crippen molar-refractivity contribution in [2.45, 2.75) is 30.2 Å². The number of rotatable bonds is 8. The maximum absolute atomic E-state index is 11.8. The Morgan fingerprint density at radius 3 is 2.69 bits per heavy atom. The lowest BCUT2D eigenvalue weighted by molar-refractivity contribution is -0.384. The molecular formula is C15H23ClN4O5S. The maximum atomic E-state index is 11.8. The van der Waals surface area contributed by atoms with Crippen molar-refractivity contribution in [2.75, 3.05) is 31.2 Å². The summed E-state index contributed by atoms with van der Waals surface area (Å²) in [6.45, 7) is 1.55. The predicted octanol–water partition coefficient (Wildman–Crippen LogP) is 1.09. The van der Waals surface area contributed by atoms with Crippen molar-refractivity contribution in [2.24, 2.45) is 0 Å². The van der Waals surface area contributed by atoms with E-state index in [9.17, 15) is 23.3 Å². The molecule has 1 aliphatic rings. The summed E-state index contributed by atoms with van der Waals surface area (Å²) in [6, 6.07) is 3.92. The lowest BCUT2D eigenvalue weighted by Gasteiger charge is -2.11. The summed E-state index contributed by atoms with van der Waals surface area (Å²) in [7, 11) is -3.52. The third kappa shape index (κ3) is 6.43. The molecule has 1 saturated heterocycles. The van der Waals surface area contributed by atoms with Gasteiger partial charge in [0.25, 0.3) is 5.69 Å². The number of nitrogens with zero attached hydrogens (tertiary/aromatic N) is 1. The third-order valence-corrected chi connectivity index (χ3v) is 5.06. The van der Waals surface area contributed by atoms with E-state index in [1.54, 1.807) is 0 Å². The highest BCUT2D eigenvalue weighted by Crippen LogP contribution is 2.27. The Kier molecular flexibility index (Phi) is 8.25. The minimum Gasteiger partial charge on any atom is -0.378 e. The van der Waals surface area contributed by atoms with Crippen LogP contribution in [0.4, 0.5) is 11.4 Å². The van der Waals surface area contributed by atoms with Gasteiger partial charge >= 0.3 is 0 Å². The van der Waals surface area contributed by atoms with Crippen LogP contribution in [0.15, 0.2) is 23.1 Å². The van der Waals surface area contributed by atoms with Crippen LogP contribution < -0.4 is 16.0 Å². The van der Waals surface area contributed by atoms with Gasteiger partial charge in [0, 0.05) is 37.9 Å². The molecule has 2 rings (SSSR count). The molecule has 26 heavy (non-hydrogen) atoms. The second kappa shape index (κ2) is 9.70. The van der Waals surface area contributed by atoms with Crippen molar-refractivity contribution in [3.05, 3.63) is 28.3 Å². The number of carbonyl (C=O) groups is 1. The number of anilines is 1. The van der Waals surface area contributed by atoms with E-state index in [-0.39, 0.29) is 40.6 Å². The first-order valence-electron chi connectivity index (χ1n) is 8.00. The molecule has 0 bridgehead atoms. The minimum atomic E-state index is -3.52. The van der Waals surface area contributed by atoms with Crippen molar-refractivity contribution in [3.63, 3.8) is 0 Å². The Balaban J connectivity index is 0.00000338. The molecular weight excluding hydrogens is 384 g/mol. The molecule has 1 amide bonds. The lowest BCUT2D eigenvalue weighted by atomic mass is 10.1. The van der Waals surface area contributed by atoms with E-state index < -0.39 is 14.8 Å². The summed E-state index contributed by atoms with van der Waals surface area (Å²) in [4.78, 5) is 22.2. The lowest BCUT2D eigenvalue weighted by Crippen LogP contribution is -2.34. The van der Waals surface area contributed by atoms with E-state index in [4.69, 9.17) is 0 Å². The van der Waals surface area contributed by atoms with E-state index >= 15 is 0 Å². The summed E-state index contributed by atoms with van der Waals surface area (Å²) >= 11 is 0. The Morgan fingerprint density at radius 2 is 2.12 bits per heavy atom. The van der Waals surface area contributed by atoms with Gasteiger partial charge in [-0.05, 0) is 31.5 Å². The largest absolute Gasteiger partial charge is 0.378 e. The van der Waals surface area contributed by atoms with Crippen LogP contribution in [0.25, 0.3) is 0 Å². The number of amides is 1. The average Bonchev–Trinajstić information content (AvgIpc) is 3.03. The second-order valence-corrected chi connectivity index (χ2v) is 8.00. The van der Waals surface area contributed by atoms with Crippen LogP contribution in [0, 0.1) is 10.1 Å². The van der Waals surface area contributed by atoms with Crippen LogP contribution in [-0.4, -0.2) is 51.2 Å². The zero-order valence-electron chi connectivity index (χ0n) is 14.4. The highest BCUT2D eigenvalue weighted by atomic mass is 35.5. The zero-order valence-corrected chi connectivity index (χ0v) is 16.0. The standard InChI is InChI=1S/C15H22N4O5S.ClH/c1-25(23,24)12-4-5-13(14(10-12)19(21)22)17-7-8-18-15(20)9-11-3-2-6-16-11;/h4-5,10-11,16-17H,2-3,6-9H2,1H3,(H,18,20);1H. The Labute approximate surface area is 158 Å². The van der Waals surface area contributed by atoms with E-state index in [1.807, 2.05) is 0 Å². The van der Waals surface area contributed by atoms with Gasteiger partial charge in [0.05, 0.1) is 9.82 Å². The van der Waals surface area contributed by atoms with Crippen LogP contribution in [0.2, 0.25) is 0 Å². The molecule has 146 valence electrons. The highest BCUT2D eigenvalue weighted by Gasteiger charge is 2.19. The van der Waals surface area contributed by atoms with Crippen molar-refractivity contribution in [1.82, 2.24) is 10.6 Å². The molecule has 1 unspecified atom stereocenters. The molecule has 0 spiro atoms. The molecule has 11 heteroatoms. The topological polar surface area (TPSA) is 130 Å². The average molecular weight is 407 g/mol. The fourth-order valence-electron chi connectivity index (χ4n) is 2.67. The van der Waals surface area contributed by atoms with Crippen LogP contribution in [0.3, 0.4) is 0 Å². The van der Waals surface area contributed by atoms with Crippen LogP contribution in [0.1, 0.15) is 19.3 Å². The highest BCUT2D eigenvalue weighted by molar-refractivity contribution is 7.90. The number of nitro groups is 1. The van der Waals surface area contributed by atoms with Gasteiger partial charge in [0.15, 0.2) is 9.84 Å². The van der Waals surface area contributed by atoms with Gasteiger partial charge in [-0.1, -0.05) is 0 Å². The summed E-state index contributed by atoms with van der Waals surface area (Å²) in [5, 5.41) is 20.0. The van der Waals surface area contributed by atoms with Gasteiger partial charge in [-0.2, -0.15) is 0 Å². The maximum Gasteiger partial charge on any atom is 0.293 e. The molecule has 1 heterocycles. The normalized spacial score (nSPS) is 16.6. The predicted molar refractivity (Wildman–Crippen MR) is 101 cm³/mol. The van der Waals surface area contributed by atoms with Gasteiger partial charge in [0.1, 0.15) is 5.69 Å². The quantitative estimate of drug-likeness (QED) is 0.334. The number of hydrogen-bond acceptors (Lipinski definition) is 7. The third-order valence-electron chi connectivity index (χ3n) is 3.95. The SMILES string of the molecule is CS(=O)(=O)c1ccc(NCCNC(=O)CC2CCCN2)c([N+](=O)[O-])c1.Cl. The monoisotopic (exact) mass is 406 g/mol. The van der Waals surface area contributed by atoms with E-state index in [0.29, 0.717) is 19.5 Å². The molecule has 0 aromatic heterocycles. The fourth-order valence-corrected chi connectivity index (χ4v) is 3.31. The molecule has 1 aromatic carbocycles. The van der Waals surface area contributed by atoms with Crippen LogP contribution in [0.5, 0.6) is 0 Å². The zero-order chi connectivity index (χ0) is 18.4. The smallest absolute Gasteiger partial charge is 0.293 e. The van der Waals surface area contributed by atoms with E-state index in [0.717, 1.165) is 31.7 Å². The first-order chi connectivity index (χ1) is 11.8. The van der Waals surface area contributed by atoms with Crippen molar-refractivity contribution >= 4 is 39.5 Å². The number of halogens is 1. The summed E-state index contributed by atoms with van der Waals surface area (Å²) in [5.41, 5.74) is -0.103. The van der Waals surface area contributed by atoms with E-state index in [1.165, 1.54) is 12.1 Å². The molecule has 1 fully saturated rings. The van der Waals surface area contributed by atoms with Gasteiger partial charge in [-0.15, -0.1) is 12.4 Å². The van der Waals surface area contributed by atoms with Crippen molar-refractivity contribution in [1.29, 1.82) is 0 Å². The number of benzene rings is 1. The minimum absolute atomic E-state index is 0. The molecule has 0 aliphatic carbocycles. The molecule has 0 radical (unpaired) electrons. The van der Waals surface area contributed by atoms with Crippen molar-refractivity contribution < 1.29 is 18.1 Å². The van der Waals surface area contributed by atoms with Crippen LogP contribution in [-0.2, 0) is 14.6 Å². The summed E-state index contributed by atoms with van der Waals surface area (Å²) < 4.78 is 23.0. The number of nitro benzene ring substituents is 1. The second-order valence-electron chi connectivity index (χ2n) is 5.98. The summed E-state index contributed by atoms with van der Waals surface area (Å²) in [5.74, 6) is -0.0666. The molecule has 1 aromatic rings. The molecule has 1 aliphatic heterocycles. The van der Waals surface area contributed by atoms with E-state index in [2.05, 4.69) is 16.0 Å². The summed E-state index contributed by atoms with van der Waals surface area (Å²) in [6.07, 6.45) is 3.48. The Morgan fingerprint density at radius 1 is 1.38 bits per heavy atom. The Hall–Kier alpha value is -1.91. The molecule has 9 nitrogen and oxygen atoms in total. The van der Waals surface area contributed by atoms with Gasteiger partial charge in [-0.25, -0.2) is 8.42 Å². The van der Waals surface area contributed by atoms with Crippen molar-refractivity contribution in [3.8, 4) is 0 Å². The first kappa shape index (κ1) is 22.1. The van der Waals surface area contributed by atoms with Gasteiger partial charge in [0.2, 0.25) is 5.91 Å². The fraction of sp³-hybridized carbons (Fsp3) is 0.533. The number of carbonyl (C=O) groups excluding carboxylic acids is 1. The molecule has 1 atom stereocenters. The number of hydrogen-bond donors (Lipinski definition) is 3. The number of sulfone groups is 1. The molecule has 0 saturated carbocycles. The van der Waals surface area contributed by atoms with Gasteiger partial charge in [-0.3, -0.25) is 14.9 Å². The Bertz CT molecular complexity index is 750. The number of nitrogens with one attached hydrogen (secondary N) is 3. The van der Waals surface area contributed by atoms with Crippen LogP contribution >= 0.6 is 12.4 Å². The first-order valence-corrected chi connectivity index (χ1v) is 9.89.